The highest BCUT2D eigenvalue weighted by molar-refractivity contribution is 5.98. The smallest absolute Gasteiger partial charge is 0.287 e. The average Bonchev–Trinajstić information content (AvgIpc) is 3.46. The molecule has 3 aromatic rings. The predicted molar refractivity (Wildman–Crippen MR) is 153 cm³/mol. The van der Waals surface area contributed by atoms with Crippen molar-refractivity contribution in [3.8, 4) is 0 Å². The van der Waals surface area contributed by atoms with Gasteiger partial charge < -0.3 is 25.1 Å². The number of benzene rings is 2. The molecule has 216 valence electrons. The van der Waals surface area contributed by atoms with Gasteiger partial charge in [-0.05, 0) is 42.5 Å². The van der Waals surface area contributed by atoms with Crippen LogP contribution in [0.2, 0.25) is 0 Å². The minimum atomic E-state index is -0.947. The number of carbonyl (C=O) groups excluding carboxylic acids is 4. The lowest BCUT2D eigenvalue weighted by Gasteiger charge is -2.26. The average molecular weight is 560 g/mol. The molecule has 1 aromatic heterocycles. The van der Waals surface area contributed by atoms with E-state index in [2.05, 4.69) is 16.0 Å². The summed E-state index contributed by atoms with van der Waals surface area (Å²) < 4.78 is 10.6. The quantitative estimate of drug-likeness (QED) is 0.258. The van der Waals surface area contributed by atoms with Crippen molar-refractivity contribution in [2.24, 2.45) is 5.92 Å². The number of ketones is 1. The molecule has 2 aromatic carbocycles. The number of rotatable bonds is 14. The Balaban J connectivity index is 1.51. The first kappa shape index (κ1) is 29.7. The summed E-state index contributed by atoms with van der Waals surface area (Å²) in [5.41, 5.74) is 0.690. The Labute approximate surface area is 240 Å². The van der Waals surface area contributed by atoms with E-state index in [0.717, 1.165) is 11.1 Å². The molecule has 9 nitrogen and oxygen atoms in total. The highest BCUT2D eigenvalue weighted by Crippen LogP contribution is 2.29. The van der Waals surface area contributed by atoms with Crippen molar-refractivity contribution >= 4 is 23.5 Å². The molecule has 1 unspecified atom stereocenters. The van der Waals surface area contributed by atoms with Crippen LogP contribution in [0.25, 0.3) is 0 Å². The van der Waals surface area contributed by atoms with Crippen molar-refractivity contribution in [2.45, 2.75) is 63.8 Å². The molecule has 0 aliphatic carbocycles. The second-order valence-corrected chi connectivity index (χ2v) is 11.0. The van der Waals surface area contributed by atoms with E-state index in [-0.39, 0.29) is 30.3 Å². The zero-order valence-electron chi connectivity index (χ0n) is 23.6. The lowest BCUT2D eigenvalue weighted by molar-refractivity contribution is -0.133. The number of furan rings is 1. The molecule has 1 aliphatic rings. The molecule has 9 heteroatoms. The van der Waals surface area contributed by atoms with Crippen LogP contribution in [-0.4, -0.2) is 47.8 Å². The first-order valence-corrected chi connectivity index (χ1v) is 13.9. The number of amides is 3. The highest BCUT2D eigenvalue weighted by atomic mass is 16.6. The van der Waals surface area contributed by atoms with E-state index >= 15 is 0 Å². The second-order valence-electron chi connectivity index (χ2n) is 11.0. The summed E-state index contributed by atoms with van der Waals surface area (Å²) in [5, 5.41) is 8.61. The fourth-order valence-corrected chi connectivity index (χ4v) is 4.67. The predicted octanol–water partition coefficient (Wildman–Crippen LogP) is 3.76. The first-order valence-electron chi connectivity index (χ1n) is 13.9. The fraction of sp³-hybridized carbons (Fsp3) is 0.375. The molecule has 3 amide bonds. The maximum Gasteiger partial charge on any atom is 0.287 e. The Morgan fingerprint density at radius 1 is 0.854 bits per heavy atom. The molecule has 41 heavy (non-hydrogen) atoms. The highest BCUT2D eigenvalue weighted by Gasteiger charge is 2.50. The molecule has 0 saturated carbocycles. The van der Waals surface area contributed by atoms with Gasteiger partial charge in [0.05, 0.1) is 31.4 Å². The van der Waals surface area contributed by atoms with Crippen LogP contribution in [0.1, 0.15) is 61.3 Å². The molecular formula is C32H37N3O6. The Kier molecular flexibility index (Phi) is 9.73. The van der Waals surface area contributed by atoms with Crippen LogP contribution >= 0.6 is 0 Å². The standard InChI is InChI=1S/C32H37N3O6/c1-21(2)17-25(29(37)32(3)20-41-32)35-30(38)26(18-22-11-6-4-7-12-22)33-28(36)19-24(23-13-8-5-9-14-23)34-31(39)27-15-10-16-40-27/h4-16,21,24-26H,17-20H2,1-3H3,(H,33,36)(H,34,39)(H,35,38)/t24?,25-,26-,32+/m0/s1. The molecule has 1 fully saturated rings. The van der Waals surface area contributed by atoms with E-state index in [1.54, 1.807) is 19.1 Å². The van der Waals surface area contributed by atoms with Crippen molar-refractivity contribution < 1.29 is 28.3 Å². The largest absolute Gasteiger partial charge is 0.459 e. The van der Waals surface area contributed by atoms with E-state index in [0.29, 0.717) is 13.0 Å². The molecule has 1 aliphatic heterocycles. The summed E-state index contributed by atoms with van der Waals surface area (Å²) in [6, 6.07) is 19.2. The summed E-state index contributed by atoms with van der Waals surface area (Å²) >= 11 is 0. The van der Waals surface area contributed by atoms with Crippen LogP contribution in [0.3, 0.4) is 0 Å². The molecule has 0 spiro atoms. The molecule has 1 saturated heterocycles. The molecule has 2 heterocycles. The van der Waals surface area contributed by atoms with E-state index in [9.17, 15) is 19.2 Å². The summed E-state index contributed by atoms with van der Waals surface area (Å²) in [5.74, 6) is -1.24. The van der Waals surface area contributed by atoms with E-state index in [1.165, 1.54) is 6.26 Å². The zero-order valence-corrected chi connectivity index (χ0v) is 23.6. The third kappa shape index (κ3) is 8.38. The molecule has 4 rings (SSSR count). The summed E-state index contributed by atoms with van der Waals surface area (Å²) in [4.78, 5) is 52.9. The Bertz CT molecular complexity index is 1320. The van der Waals surface area contributed by atoms with Crippen LogP contribution < -0.4 is 16.0 Å². The van der Waals surface area contributed by atoms with Crippen LogP contribution in [0.4, 0.5) is 0 Å². The number of epoxide rings is 1. The lowest BCUT2D eigenvalue weighted by atomic mass is 9.93. The van der Waals surface area contributed by atoms with Crippen molar-refractivity contribution in [3.63, 3.8) is 0 Å². The number of carbonyl (C=O) groups is 4. The van der Waals surface area contributed by atoms with Crippen molar-refractivity contribution in [2.75, 3.05) is 6.61 Å². The summed E-state index contributed by atoms with van der Waals surface area (Å²) in [6.07, 6.45) is 1.96. The lowest BCUT2D eigenvalue weighted by Crippen LogP contribution is -2.54. The minimum absolute atomic E-state index is 0.116. The van der Waals surface area contributed by atoms with Gasteiger partial charge in [-0.15, -0.1) is 0 Å². The van der Waals surface area contributed by atoms with Crippen LogP contribution in [0.15, 0.2) is 83.5 Å². The van der Waals surface area contributed by atoms with Crippen molar-refractivity contribution in [1.29, 1.82) is 0 Å². The topological polar surface area (TPSA) is 130 Å². The van der Waals surface area contributed by atoms with Gasteiger partial charge in [-0.3, -0.25) is 19.2 Å². The van der Waals surface area contributed by atoms with Gasteiger partial charge in [-0.25, -0.2) is 0 Å². The molecule has 4 atom stereocenters. The van der Waals surface area contributed by atoms with Crippen LogP contribution in [0, 0.1) is 5.92 Å². The number of Topliss-reactive ketones (excluding diaryl/α,β-unsaturated/α-hetero) is 1. The van der Waals surface area contributed by atoms with Gasteiger partial charge in [0.2, 0.25) is 11.8 Å². The van der Waals surface area contributed by atoms with Gasteiger partial charge in [0.1, 0.15) is 11.6 Å². The maximum absolute atomic E-state index is 13.6. The summed E-state index contributed by atoms with van der Waals surface area (Å²) in [6.45, 7) is 6.00. The number of hydrogen-bond acceptors (Lipinski definition) is 6. The van der Waals surface area contributed by atoms with Gasteiger partial charge in [-0.2, -0.15) is 0 Å². The van der Waals surface area contributed by atoms with Gasteiger partial charge in [0, 0.05) is 6.42 Å². The molecule has 0 bridgehead atoms. The van der Waals surface area contributed by atoms with Gasteiger partial charge in [0.15, 0.2) is 11.5 Å². The maximum atomic E-state index is 13.6. The van der Waals surface area contributed by atoms with Crippen molar-refractivity contribution in [3.05, 3.63) is 95.9 Å². The number of ether oxygens (including phenoxy) is 1. The molecule has 0 radical (unpaired) electrons. The third-order valence-electron chi connectivity index (χ3n) is 7.01. The normalized spacial score (nSPS) is 18.1. The summed E-state index contributed by atoms with van der Waals surface area (Å²) in [7, 11) is 0. The van der Waals surface area contributed by atoms with E-state index in [1.807, 2.05) is 74.5 Å². The fourth-order valence-electron chi connectivity index (χ4n) is 4.67. The Hall–Kier alpha value is -4.24. The second kappa shape index (κ2) is 13.4. The Morgan fingerprint density at radius 3 is 2.10 bits per heavy atom. The van der Waals surface area contributed by atoms with Crippen LogP contribution in [-0.2, 0) is 25.5 Å². The van der Waals surface area contributed by atoms with Gasteiger partial charge >= 0.3 is 0 Å². The van der Waals surface area contributed by atoms with Crippen LogP contribution in [0.5, 0.6) is 0 Å². The van der Waals surface area contributed by atoms with Gasteiger partial charge in [0.25, 0.3) is 5.91 Å². The molecule has 3 N–H and O–H groups in total. The van der Waals surface area contributed by atoms with Gasteiger partial charge in [-0.1, -0.05) is 74.5 Å². The SMILES string of the molecule is CC(C)C[C@H](NC(=O)[C@H](Cc1ccccc1)NC(=O)CC(NC(=O)c1ccco1)c1ccccc1)C(=O)[C@@]1(C)CO1. The van der Waals surface area contributed by atoms with E-state index in [4.69, 9.17) is 9.15 Å². The molecular weight excluding hydrogens is 522 g/mol. The zero-order chi connectivity index (χ0) is 29.4. The number of hydrogen-bond donors (Lipinski definition) is 3. The first-order chi connectivity index (χ1) is 19.6. The van der Waals surface area contributed by atoms with E-state index < -0.39 is 41.4 Å². The Morgan fingerprint density at radius 2 is 1.51 bits per heavy atom. The van der Waals surface area contributed by atoms with Crippen molar-refractivity contribution in [1.82, 2.24) is 16.0 Å². The minimum Gasteiger partial charge on any atom is -0.459 e. The number of nitrogens with one attached hydrogen (secondary N) is 3. The third-order valence-corrected chi connectivity index (χ3v) is 7.01. The monoisotopic (exact) mass is 559 g/mol.